The standard InChI is InChI=1S/C23H21ClN4O3/c1-15(26-23(30)16-8-10-17(24)11-9-16)22-27-19-6-2-3-7-20(19)28(22)14-21(29)25-13-18-5-4-12-31-18/h2-12,15H,13-14H2,1H3,(H,25,29)(H,26,30). The summed E-state index contributed by atoms with van der Waals surface area (Å²) in [5.41, 5.74) is 2.07. The van der Waals surface area contributed by atoms with E-state index in [1.165, 1.54) is 0 Å². The molecule has 0 fully saturated rings. The van der Waals surface area contributed by atoms with Crippen molar-refractivity contribution in [3.8, 4) is 0 Å². The van der Waals surface area contributed by atoms with E-state index in [0.717, 1.165) is 11.0 Å². The quantitative estimate of drug-likeness (QED) is 0.456. The molecule has 2 heterocycles. The van der Waals surface area contributed by atoms with Gasteiger partial charge in [-0.15, -0.1) is 0 Å². The first-order valence-electron chi connectivity index (χ1n) is 9.82. The van der Waals surface area contributed by atoms with Crippen LogP contribution in [0.5, 0.6) is 0 Å². The number of hydrogen-bond donors (Lipinski definition) is 2. The molecule has 158 valence electrons. The smallest absolute Gasteiger partial charge is 0.251 e. The number of nitrogens with one attached hydrogen (secondary N) is 2. The van der Waals surface area contributed by atoms with Crippen molar-refractivity contribution in [3.05, 3.63) is 89.1 Å². The number of aromatic nitrogens is 2. The van der Waals surface area contributed by atoms with E-state index in [1.54, 1.807) is 42.7 Å². The highest BCUT2D eigenvalue weighted by atomic mass is 35.5. The summed E-state index contributed by atoms with van der Waals surface area (Å²) in [5.74, 6) is 0.839. The number of furan rings is 1. The normalized spacial score (nSPS) is 11.9. The monoisotopic (exact) mass is 436 g/mol. The minimum absolute atomic E-state index is 0.0672. The molecule has 0 saturated heterocycles. The third-order valence-electron chi connectivity index (χ3n) is 4.87. The summed E-state index contributed by atoms with van der Waals surface area (Å²) in [4.78, 5) is 29.9. The zero-order chi connectivity index (χ0) is 21.8. The van der Waals surface area contributed by atoms with Gasteiger partial charge in [0.15, 0.2) is 0 Å². The lowest BCUT2D eigenvalue weighted by molar-refractivity contribution is -0.121. The number of carbonyl (C=O) groups is 2. The molecule has 2 aromatic heterocycles. The number of rotatable bonds is 7. The highest BCUT2D eigenvalue weighted by molar-refractivity contribution is 6.30. The molecular formula is C23H21ClN4O3. The van der Waals surface area contributed by atoms with E-state index in [0.29, 0.717) is 28.7 Å². The van der Waals surface area contributed by atoms with Gasteiger partial charge in [-0.2, -0.15) is 0 Å². The van der Waals surface area contributed by atoms with Gasteiger partial charge in [0.25, 0.3) is 5.91 Å². The summed E-state index contributed by atoms with van der Waals surface area (Å²) < 4.78 is 7.07. The average molecular weight is 437 g/mol. The second kappa shape index (κ2) is 9.06. The number of nitrogens with zero attached hydrogens (tertiary/aromatic N) is 2. The largest absolute Gasteiger partial charge is 0.467 e. The molecule has 31 heavy (non-hydrogen) atoms. The molecule has 4 rings (SSSR count). The van der Waals surface area contributed by atoms with E-state index in [2.05, 4.69) is 15.6 Å². The maximum atomic E-state index is 12.6. The van der Waals surface area contributed by atoms with Crippen LogP contribution < -0.4 is 10.6 Å². The highest BCUT2D eigenvalue weighted by Crippen LogP contribution is 2.21. The van der Waals surface area contributed by atoms with Gasteiger partial charge >= 0.3 is 0 Å². The molecule has 0 aliphatic carbocycles. The second-order valence-corrected chi connectivity index (χ2v) is 7.54. The van der Waals surface area contributed by atoms with Crippen LogP contribution in [0.3, 0.4) is 0 Å². The number of para-hydroxylation sites is 2. The molecule has 0 bridgehead atoms. The Hall–Kier alpha value is -3.58. The van der Waals surface area contributed by atoms with Crippen LogP contribution in [0.2, 0.25) is 5.02 Å². The molecule has 1 atom stereocenters. The number of amides is 2. The second-order valence-electron chi connectivity index (χ2n) is 7.10. The van der Waals surface area contributed by atoms with E-state index >= 15 is 0 Å². The Kier molecular flexibility index (Phi) is 6.04. The van der Waals surface area contributed by atoms with Gasteiger partial charge in [-0.3, -0.25) is 9.59 Å². The first-order chi connectivity index (χ1) is 15.0. The summed E-state index contributed by atoms with van der Waals surface area (Å²) in [5, 5.41) is 6.36. The Balaban J connectivity index is 1.54. The van der Waals surface area contributed by atoms with Gasteiger partial charge in [0, 0.05) is 10.6 Å². The molecule has 4 aromatic rings. The highest BCUT2D eigenvalue weighted by Gasteiger charge is 2.20. The Morgan fingerprint density at radius 1 is 1.10 bits per heavy atom. The Morgan fingerprint density at radius 2 is 1.87 bits per heavy atom. The Morgan fingerprint density at radius 3 is 2.61 bits per heavy atom. The summed E-state index contributed by atoms with van der Waals surface area (Å²) in [6.45, 7) is 2.21. The van der Waals surface area contributed by atoms with Crippen molar-refractivity contribution < 1.29 is 14.0 Å². The van der Waals surface area contributed by atoms with Gasteiger partial charge in [0.2, 0.25) is 5.91 Å². The predicted octanol–water partition coefficient (Wildman–Crippen LogP) is 4.09. The van der Waals surface area contributed by atoms with Gasteiger partial charge in [0.05, 0.1) is 29.9 Å². The van der Waals surface area contributed by atoms with Crippen molar-refractivity contribution in [2.75, 3.05) is 0 Å². The number of fused-ring (bicyclic) bond motifs is 1. The number of benzene rings is 2. The first-order valence-corrected chi connectivity index (χ1v) is 10.2. The molecule has 2 amide bonds. The zero-order valence-corrected chi connectivity index (χ0v) is 17.6. The van der Waals surface area contributed by atoms with Gasteiger partial charge in [-0.1, -0.05) is 23.7 Å². The molecule has 0 spiro atoms. The van der Waals surface area contributed by atoms with Gasteiger partial charge < -0.3 is 19.6 Å². The Labute approximate surface area is 184 Å². The fourth-order valence-corrected chi connectivity index (χ4v) is 3.46. The lowest BCUT2D eigenvalue weighted by Crippen LogP contribution is -2.31. The lowest BCUT2D eigenvalue weighted by Gasteiger charge is -2.16. The van der Waals surface area contributed by atoms with Gasteiger partial charge in [-0.25, -0.2) is 4.98 Å². The van der Waals surface area contributed by atoms with Gasteiger partial charge in [0.1, 0.15) is 18.1 Å². The fraction of sp³-hybridized carbons (Fsp3) is 0.174. The molecule has 0 aliphatic heterocycles. The van der Waals surface area contributed by atoms with Crippen molar-refractivity contribution >= 4 is 34.4 Å². The number of carbonyl (C=O) groups excluding carboxylic acids is 2. The number of hydrogen-bond acceptors (Lipinski definition) is 4. The lowest BCUT2D eigenvalue weighted by atomic mass is 10.2. The maximum Gasteiger partial charge on any atom is 0.251 e. The van der Waals surface area contributed by atoms with Crippen LogP contribution in [-0.2, 0) is 17.9 Å². The van der Waals surface area contributed by atoms with Crippen LogP contribution >= 0.6 is 11.6 Å². The van der Waals surface area contributed by atoms with Crippen LogP contribution in [0.15, 0.2) is 71.3 Å². The maximum absolute atomic E-state index is 12.6. The topological polar surface area (TPSA) is 89.2 Å². The zero-order valence-electron chi connectivity index (χ0n) is 16.8. The predicted molar refractivity (Wildman–Crippen MR) is 118 cm³/mol. The van der Waals surface area contributed by atoms with Crippen LogP contribution in [-0.4, -0.2) is 21.4 Å². The fourth-order valence-electron chi connectivity index (χ4n) is 3.34. The van der Waals surface area contributed by atoms with Crippen molar-refractivity contribution in [1.29, 1.82) is 0 Å². The molecule has 0 aliphatic rings. The molecule has 0 radical (unpaired) electrons. The minimum atomic E-state index is -0.423. The summed E-state index contributed by atoms with van der Waals surface area (Å²) >= 11 is 5.90. The summed E-state index contributed by atoms with van der Waals surface area (Å²) in [6.07, 6.45) is 1.56. The SMILES string of the molecule is CC(NC(=O)c1ccc(Cl)cc1)c1nc2ccccc2n1CC(=O)NCc1ccco1. The van der Waals surface area contributed by atoms with Crippen LogP contribution in [0, 0.1) is 0 Å². The molecule has 7 nitrogen and oxygen atoms in total. The third-order valence-corrected chi connectivity index (χ3v) is 5.12. The number of halogens is 1. The molecule has 0 saturated carbocycles. The first kappa shape index (κ1) is 20.7. The molecule has 2 N–H and O–H groups in total. The summed E-state index contributed by atoms with van der Waals surface area (Å²) in [7, 11) is 0. The summed E-state index contributed by atoms with van der Waals surface area (Å²) in [6, 6.07) is 17.4. The average Bonchev–Trinajstić information content (AvgIpc) is 3.41. The van der Waals surface area contributed by atoms with E-state index in [9.17, 15) is 9.59 Å². The molecule has 2 aromatic carbocycles. The minimum Gasteiger partial charge on any atom is -0.467 e. The van der Waals surface area contributed by atoms with E-state index < -0.39 is 6.04 Å². The Bertz CT molecular complexity index is 1200. The van der Waals surface area contributed by atoms with E-state index in [4.69, 9.17) is 16.0 Å². The molecule has 8 heteroatoms. The van der Waals surface area contributed by atoms with E-state index in [-0.39, 0.29) is 18.4 Å². The molecule has 1 unspecified atom stereocenters. The van der Waals surface area contributed by atoms with Gasteiger partial charge in [-0.05, 0) is 55.5 Å². The molecular weight excluding hydrogens is 416 g/mol. The van der Waals surface area contributed by atoms with Crippen molar-refractivity contribution in [2.24, 2.45) is 0 Å². The number of imidazole rings is 1. The third kappa shape index (κ3) is 4.78. The van der Waals surface area contributed by atoms with Crippen molar-refractivity contribution in [1.82, 2.24) is 20.2 Å². The van der Waals surface area contributed by atoms with Crippen LogP contribution in [0.1, 0.15) is 34.9 Å². The van der Waals surface area contributed by atoms with E-state index in [1.807, 2.05) is 35.8 Å². The van der Waals surface area contributed by atoms with Crippen LogP contribution in [0.25, 0.3) is 11.0 Å². The van der Waals surface area contributed by atoms with Crippen LogP contribution in [0.4, 0.5) is 0 Å². The van der Waals surface area contributed by atoms with Crippen molar-refractivity contribution in [2.45, 2.75) is 26.1 Å². The van der Waals surface area contributed by atoms with Crippen molar-refractivity contribution in [3.63, 3.8) is 0 Å².